The van der Waals surface area contributed by atoms with Gasteiger partial charge in [-0.1, -0.05) is 0 Å². The number of rotatable bonds is 6. The van der Waals surface area contributed by atoms with Gasteiger partial charge in [-0.3, -0.25) is 4.21 Å². The molecule has 0 heterocycles. The molecule has 0 amide bonds. The van der Waals surface area contributed by atoms with Gasteiger partial charge in [0, 0.05) is 17.3 Å². The van der Waals surface area contributed by atoms with E-state index in [0.29, 0.717) is 12.2 Å². The van der Waals surface area contributed by atoms with Crippen LogP contribution in [0.1, 0.15) is 12.8 Å². The van der Waals surface area contributed by atoms with E-state index < -0.39 is 10.8 Å². The Balaban J connectivity index is 2.50. The fourth-order valence-corrected chi connectivity index (χ4v) is 2.33. The van der Waals surface area contributed by atoms with Gasteiger partial charge in [0.1, 0.15) is 5.75 Å². The first-order valence-electron chi connectivity index (χ1n) is 4.91. The summed E-state index contributed by atoms with van der Waals surface area (Å²) < 4.78 is 16.7. The molecule has 0 aliphatic heterocycles. The van der Waals surface area contributed by atoms with Crippen molar-refractivity contribution in [3.05, 3.63) is 24.3 Å². The molecule has 1 unspecified atom stereocenters. The number of methoxy groups -OCH3 is 1. The van der Waals surface area contributed by atoms with Gasteiger partial charge in [-0.05, 0) is 37.1 Å². The topological polar surface area (TPSA) is 46.5 Å². The minimum absolute atomic E-state index is 0.166. The lowest BCUT2D eigenvalue weighted by Gasteiger charge is -2.03. The van der Waals surface area contributed by atoms with Crippen LogP contribution in [0.5, 0.6) is 5.75 Å². The smallest absolute Gasteiger partial charge is 0.118 e. The number of benzene rings is 1. The van der Waals surface area contributed by atoms with Crippen molar-refractivity contribution in [3.8, 4) is 5.75 Å². The van der Waals surface area contributed by atoms with Crippen LogP contribution in [0, 0.1) is 0 Å². The highest BCUT2D eigenvalue weighted by Gasteiger charge is 2.03. The molecule has 15 heavy (non-hydrogen) atoms. The molecule has 1 atom stereocenters. The van der Waals surface area contributed by atoms with Crippen molar-refractivity contribution >= 4 is 10.8 Å². The first-order chi connectivity index (χ1) is 7.27. The third-order valence-electron chi connectivity index (χ3n) is 2.06. The van der Waals surface area contributed by atoms with Crippen LogP contribution in [0.15, 0.2) is 29.2 Å². The molecule has 0 saturated heterocycles. The fourth-order valence-electron chi connectivity index (χ4n) is 1.19. The summed E-state index contributed by atoms with van der Waals surface area (Å²) in [5.74, 6) is 1.37. The Hall–Kier alpha value is -0.870. The molecule has 1 aromatic rings. The molecule has 0 bridgehead atoms. The quantitative estimate of drug-likeness (QED) is 0.752. The van der Waals surface area contributed by atoms with Crippen molar-refractivity contribution in [2.75, 3.05) is 19.5 Å². The summed E-state index contributed by atoms with van der Waals surface area (Å²) in [6.45, 7) is 0.166. The van der Waals surface area contributed by atoms with Crippen LogP contribution >= 0.6 is 0 Å². The number of aliphatic hydroxyl groups is 1. The average molecular weight is 228 g/mol. The van der Waals surface area contributed by atoms with Crippen LogP contribution in [0.4, 0.5) is 0 Å². The Kier molecular flexibility index (Phi) is 5.36. The largest absolute Gasteiger partial charge is 0.497 e. The predicted octanol–water partition coefficient (Wildman–Crippen LogP) is 1.58. The van der Waals surface area contributed by atoms with Gasteiger partial charge < -0.3 is 9.84 Å². The number of aliphatic hydroxyl groups excluding tert-OH is 1. The molecular formula is C11H16O3S. The molecule has 0 saturated carbocycles. The van der Waals surface area contributed by atoms with E-state index in [4.69, 9.17) is 9.84 Å². The highest BCUT2D eigenvalue weighted by Crippen LogP contribution is 2.14. The van der Waals surface area contributed by atoms with Gasteiger partial charge in [0.05, 0.1) is 17.9 Å². The van der Waals surface area contributed by atoms with Gasteiger partial charge >= 0.3 is 0 Å². The Morgan fingerprint density at radius 1 is 1.27 bits per heavy atom. The maximum absolute atomic E-state index is 11.7. The Morgan fingerprint density at radius 2 is 1.93 bits per heavy atom. The lowest BCUT2D eigenvalue weighted by molar-refractivity contribution is 0.287. The van der Waals surface area contributed by atoms with Crippen molar-refractivity contribution in [1.82, 2.24) is 0 Å². The molecule has 0 spiro atoms. The minimum Gasteiger partial charge on any atom is -0.497 e. The standard InChI is InChI=1S/C11H16O3S/c1-14-10-4-6-11(7-5-10)15(13)9-3-2-8-12/h4-7,12H,2-3,8-9H2,1H3. The van der Waals surface area contributed by atoms with E-state index >= 15 is 0 Å². The minimum atomic E-state index is -0.962. The van der Waals surface area contributed by atoms with E-state index in [9.17, 15) is 4.21 Å². The number of unbranched alkanes of at least 4 members (excludes halogenated alkanes) is 1. The van der Waals surface area contributed by atoms with Crippen LogP contribution in [-0.4, -0.2) is 28.8 Å². The number of ether oxygens (including phenoxy) is 1. The Labute approximate surface area is 92.5 Å². The van der Waals surface area contributed by atoms with E-state index in [1.807, 2.05) is 12.1 Å². The maximum atomic E-state index is 11.7. The van der Waals surface area contributed by atoms with Gasteiger partial charge in [0.25, 0.3) is 0 Å². The normalized spacial score (nSPS) is 12.4. The molecule has 1 aromatic carbocycles. The third-order valence-corrected chi connectivity index (χ3v) is 3.52. The van der Waals surface area contributed by atoms with Crippen LogP contribution in [0.2, 0.25) is 0 Å². The van der Waals surface area contributed by atoms with Crippen molar-refractivity contribution < 1.29 is 14.1 Å². The summed E-state index contributed by atoms with van der Waals surface area (Å²) in [4.78, 5) is 0.814. The average Bonchev–Trinajstić information content (AvgIpc) is 2.29. The molecule has 1 N–H and O–H groups in total. The zero-order valence-corrected chi connectivity index (χ0v) is 9.63. The van der Waals surface area contributed by atoms with E-state index in [-0.39, 0.29) is 6.61 Å². The molecule has 0 fully saturated rings. The fraction of sp³-hybridized carbons (Fsp3) is 0.455. The van der Waals surface area contributed by atoms with Crippen LogP contribution in [0.3, 0.4) is 0 Å². The second-order valence-corrected chi connectivity index (χ2v) is 4.73. The SMILES string of the molecule is COc1ccc(S(=O)CCCCO)cc1. The molecule has 84 valence electrons. The van der Waals surface area contributed by atoms with Crippen LogP contribution in [-0.2, 0) is 10.8 Å². The molecule has 4 heteroatoms. The van der Waals surface area contributed by atoms with E-state index in [2.05, 4.69) is 0 Å². The second kappa shape index (κ2) is 6.58. The highest BCUT2D eigenvalue weighted by atomic mass is 32.2. The van der Waals surface area contributed by atoms with Crippen molar-refractivity contribution in [3.63, 3.8) is 0 Å². The van der Waals surface area contributed by atoms with Crippen LogP contribution < -0.4 is 4.74 Å². The lowest BCUT2D eigenvalue weighted by Crippen LogP contribution is -1.99. The molecule has 0 radical (unpaired) electrons. The zero-order valence-electron chi connectivity index (χ0n) is 8.81. The van der Waals surface area contributed by atoms with Gasteiger partial charge in [-0.2, -0.15) is 0 Å². The van der Waals surface area contributed by atoms with Gasteiger partial charge in [-0.25, -0.2) is 0 Å². The summed E-state index contributed by atoms with van der Waals surface area (Å²) in [7, 11) is 0.643. The lowest BCUT2D eigenvalue weighted by atomic mass is 10.3. The van der Waals surface area contributed by atoms with Crippen molar-refractivity contribution in [1.29, 1.82) is 0 Å². The van der Waals surface area contributed by atoms with Crippen molar-refractivity contribution in [2.24, 2.45) is 0 Å². The van der Waals surface area contributed by atoms with Gasteiger partial charge in [0.15, 0.2) is 0 Å². The second-order valence-electron chi connectivity index (χ2n) is 3.16. The summed E-state index contributed by atoms with van der Waals surface area (Å²) >= 11 is 0. The Bertz CT molecular complexity index is 308. The molecule has 0 aromatic heterocycles. The highest BCUT2D eigenvalue weighted by molar-refractivity contribution is 7.85. The van der Waals surface area contributed by atoms with Crippen LogP contribution in [0.25, 0.3) is 0 Å². The zero-order chi connectivity index (χ0) is 11.1. The molecule has 1 rings (SSSR count). The summed E-state index contributed by atoms with van der Waals surface area (Å²) in [6, 6.07) is 7.24. The molecule has 0 aliphatic rings. The first-order valence-corrected chi connectivity index (χ1v) is 6.23. The summed E-state index contributed by atoms with van der Waals surface area (Å²) in [5, 5.41) is 8.60. The predicted molar refractivity (Wildman–Crippen MR) is 60.6 cm³/mol. The first kappa shape index (κ1) is 12.2. The maximum Gasteiger partial charge on any atom is 0.118 e. The summed E-state index contributed by atoms with van der Waals surface area (Å²) in [5.41, 5.74) is 0. The van der Waals surface area contributed by atoms with Gasteiger partial charge in [0.2, 0.25) is 0 Å². The summed E-state index contributed by atoms with van der Waals surface area (Å²) in [6.07, 6.45) is 1.50. The van der Waals surface area contributed by atoms with Gasteiger partial charge in [-0.15, -0.1) is 0 Å². The monoisotopic (exact) mass is 228 g/mol. The molecule has 3 nitrogen and oxygen atoms in total. The third kappa shape index (κ3) is 4.01. The van der Waals surface area contributed by atoms with E-state index in [0.717, 1.165) is 17.1 Å². The van der Waals surface area contributed by atoms with E-state index in [1.54, 1.807) is 19.2 Å². The number of hydrogen-bond donors (Lipinski definition) is 1. The molecule has 0 aliphatic carbocycles. The van der Waals surface area contributed by atoms with Crippen molar-refractivity contribution in [2.45, 2.75) is 17.7 Å². The molecular weight excluding hydrogens is 212 g/mol. The Morgan fingerprint density at radius 3 is 2.47 bits per heavy atom. The number of hydrogen-bond acceptors (Lipinski definition) is 3. The van der Waals surface area contributed by atoms with E-state index in [1.165, 1.54) is 0 Å².